The molecule has 3 heterocycles. The molecule has 3 rings (SSSR count). The summed E-state index contributed by atoms with van der Waals surface area (Å²) in [6.45, 7) is 6.29. The van der Waals surface area contributed by atoms with Crippen molar-refractivity contribution >= 4 is 29.5 Å². The van der Waals surface area contributed by atoms with E-state index >= 15 is 0 Å². The smallest absolute Gasteiger partial charge is 0.301 e. The molecule has 0 radical (unpaired) electrons. The molecule has 1 aliphatic rings. The molecule has 1 saturated heterocycles. The fraction of sp³-hybridized carbons (Fsp3) is 0.588. The second kappa shape index (κ2) is 9.60. The molecule has 148 valence electrons. The van der Waals surface area contributed by atoms with Gasteiger partial charge in [0.05, 0.1) is 26.8 Å². The summed E-state index contributed by atoms with van der Waals surface area (Å²) in [6, 6.07) is 0.234. The largest absolute Gasteiger partial charge is 0.468 e. The lowest BCUT2D eigenvalue weighted by molar-refractivity contribution is 0.181. The Balaban J connectivity index is 0.00000261. The zero-order chi connectivity index (χ0) is 18.5. The number of hydrogen-bond acceptors (Lipinski definition) is 7. The number of piperazine rings is 1. The third kappa shape index (κ3) is 4.18. The van der Waals surface area contributed by atoms with Gasteiger partial charge in [0.15, 0.2) is 11.2 Å². The molecule has 1 fully saturated rings. The van der Waals surface area contributed by atoms with Crippen molar-refractivity contribution in [1.82, 2.24) is 24.4 Å². The maximum Gasteiger partial charge on any atom is 0.301 e. The number of halogens is 1. The Bertz CT molecular complexity index is 892. The van der Waals surface area contributed by atoms with E-state index < -0.39 is 0 Å². The number of nitrogens with one attached hydrogen (secondary N) is 1. The van der Waals surface area contributed by atoms with E-state index in [4.69, 9.17) is 9.47 Å². The molecule has 0 unspecified atom stereocenters. The van der Waals surface area contributed by atoms with Crippen LogP contribution in [0, 0.1) is 11.8 Å². The molecule has 0 bridgehead atoms. The third-order valence-corrected chi connectivity index (χ3v) is 4.32. The van der Waals surface area contributed by atoms with Crippen molar-refractivity contribution in [2.45, 2.75) is 20.0 Å². The molecule has 2 aromatic heterocycles. The van der Waals surface area contributed by atoms with Gasteiger partial charge in [-0.25, -0.2) is 0 Å². The van der Waals surface area contributed by atoms with Gasteiger partial charge in [-0.3, -0.25) is 13.9 Å². The summed E-state index contributed by atoms with van der Waals surface area (Å²) in [5.74, 6) is 6.65. The summed E-state index contributed by atoms with van der Waals surface area (Å²) in [6.07, 6.45) is 0. The first-order valence-corrected chi connectivity index (χ1v) is 8.60. The van der Waals surface area contributed by atoms with E-state index in [0.29, 0.717) is 30.9 Å². The maximum atomic E-state index is 13.1. The molecule has 0 aliphatic carbocycles. The molecule has 2 aromatic rings. The van der Waals surface area contributed by atoms with Crippen molar-refractivity contribution < 1.29 is 9.47 Å². The second-order valence-electron chi connectivity index (χ2n) is 5.88. The van der Waals surface area contributed by atoms with Crippen LogP contribution in [0.1, 0.15) is 6.92 Å². The zero-order valence-corrected chi connectivity index (χ0v) is 16.6. The van der Waals surface area contributed by atoms with E-state index in [1.165, 1.54) is 11.7 Å². The average molecular weight is 397 g/mol. The van der Waals surface area contributed by atoms with Gasteiger partial charge in [-0.2, -0.15) is 9.97 Å². The molecule has 1 N–H and O–H groups in total. The number of imidazole rings is 1. The Morgan fingerprint density at radius 1 is 1.19 bits per heavy atom. The summed E-state index contributed by atoms with van der Waals surface area (Å²) >= 11 is 0. The van der Waals surface area contributed by atoms with Gasteiger partial charge < -0.3 is 19.7 Å². The van der Waals surface area contributed by atoms with Crippen molar-refractivity contribution in [3.63, 3.8) is 0 Å². The molecule has 0 amide bonds. The lowest BCUT2D eigenvalue weighted by Crippen LogP contribution is -2.44. The maximum absolute atomic E-state index is 13.1. The first-order chi connectivity index (χ1) is 12.7. The number of rotatable bonds is 6. The van der Waals surface area contributed by atoms with Gasteiger partial charge in [0.25, 0.3) is 5.56 Å². The molecule has 10 heteroatoms. The quantitative estimate of drug-likeness (QED) is 0.693. The normalized spacial score (nSPS) is 13.8. The molecule has 9 nitrogen and oxygen atoms in total. The first-order valence-electron chi connectivity index (χ1n) is 8.60. The number of fused-ring (bicyclic) bond motifs is 1. The minimum atomic E-state index is -0.198. The molecule has 1 aliphatic heterocycles. The monoisotopic (exact) mass is 396 g/mol. The fourth-order valence-corrected chi connectivity index (χ4v) is 3.03. The van der Waals surface area contributed by atoms with Crippen molar-refractivity contribution in [3.05, 3.63) is 10.4 Å². The Morgan fingerprint density at radius 2 is 1.93 bits per heavy atom. The van der Waals surface area contributed by atoms with Gasteiger partial charge >= 0.3 is 6.01 Å². The highest BCUT2D eigenvalue weighted by atomic mass is 35.5. The number of methoxy groups -OCH3 is 2. The zero-order valence-electron chi connectivity index (χ0n) is 15.8. The second-order valence-corrected chi connectivity index (χ2v) is 5.88. The van der Waals surface area contributed by atoms with Crippen molar-refractivity contribution in [1.29, 1.82) is 0 Å². The van der Waals surface area contributed by atoms with Crippen LogP contribution in [0.3, 0.4) is 0 Å². The van der Waals surface area contributed by atoms with Crippen LogP contribution in [0.4, 0.5) is 5.95 Å². The Kier molecular flexibility index (Phi) is 7.47. The molecular weight excluding hydrogens is 372 g/mol. The van der Waals surface area contributed by atoms with E-state index in [9.17, 15) is 4.79 Å². The van der Waals surface area contributed by atoms with Gasteiger partial charge in [0, 0.05) is 33.3 Å². The summed E-state index contributed by atoms with van der Waals surface area (Å²) in [5, 5.41) is 3.32. The fourth-order valence-electron chi connectivity index (χ4n) is 3.03. The summed E-state index contributed by atoms with van der Waals surface area (Å²) in [5.41, 5.74) is 0.626. The highest BCUT2D eigenvalue weighted by Gasteiger charge is 2.23. The number of hydrogen-bond donors (Lipinski definition) is 1. The highest BCUT2D eigenvalue weighted by molar-refractivity contribution is 5.85. The third-order valence-electron chi connectivity index (χ3n) is 4.32. The lowest BCUT2D eigenvalue weighted by atomic mass is 10.4. The SMILES string of the molecule is CC#CCn1c(N2CCNCC2)nc2nc(OC)n(CCOC)c(=O)c21.Cl. The molecule has 0 aromatic carbocycles. The average Bonchev–Trinajstić information content (AvgIpc) is 3.04. The van der Waals surface area contributed by atoms with Gasteiger partial charge in [-0.15, -0.1) is 18.3 Å². The predicted octanol–water partition coefficient (Wildman–Crippen LogP) is 0.103. The van der Waals surface area contributed by atoms with Crippen LogP contribution >= 0.6 is 12.4 Å². The van der Waals surface area contributed by atoms with Crippen LogP contribution in [0.2, 0.25) is 0 Å². The number of aromatic nitrogens is 4. The predicted molar refractivity (Wildman–Crippen MR) is 106 cm³/mol. The molecular formula is C17H25ClN6O3. The van der Waals surface area contributed by atoms with Gasteiger partial charge in [0.1, 0.15) is 0 Å². The van der Waals surface area contributed by atoms with Crippen LogP contribution in [-0.4, -0.2) is 66.1 Å². The molecule has 0 spiro atoms. The van der Waals surface area contributed by atoms with Crippen molar-refractivity contribution in [2.24, 2.45) is 0 Å². The number of nitrogens with zero attached hydrogens (tertiary/aromatic N) is 5. The van der Waals surface area contributed by atoms with E-state index in [1.807, 2.05) is 4.57 Å². The van der Waals surface area contributed by atoms with Crippen LogP contribution in [0.15, 0.2) is 4.79 Å². The van der Waals surface area contributed by atoms with Crippen molar-refractivity contribution in [2.75, 3.05) is 51.9 Å². The van der Waals surface area contributed by atoms with E-state index in [1.54, 1.807) is 14.0 Å². The van der Waals surface area contributed by atoms with Gasteiger partial charge in [-0.1, -0.05) is 5.92 Å². The van der Waals surface area contributed by atoms with Crippen LogP contribution in [0.5, 0.6) is 6.01 Å². The first kappa shape index (κ1) is 21.0. The minimum Gasteiger partial charge on any atom is -0.468 e. The van der Waals surface area contributed by atoms with E-state index in [2.05, 4.69) is 32.0 Å². The van der Waals surface area contributed by atoms with Crippen LogP contribution in [0.25, 0.3) is 11.2 Å². The summed E-state index contributed by atoms with van der Waals surface area (Å²) in [4.78, 5) is 24.4. The Morgan fingerprint density at radius 3 is 2.56 bits per heavy atom. The standard InChI is InChI=1S/C17H24N6O3.ClH/c1-4-5-8-22-13-14(19-16(22)21-9-6-18-7-10-21)20-17(26-3)23(15(13)24)11-12-25-2;/h18H,6-12H2,1-3H3;1H. The van der Waals surface area contributed by atoms with Crippen LogP contribution < -0.4 is 20.5 Å². The Hall–Kier alpha value is -2.28. The number of anilines is 1. The topological polar surface area (TPSA) is 86.4 Å². The Labute approximate surface area is 164 Å². The van der Waals surface area contributed by atoms with Gasteiger partial charge in [-0.05, 0) is 6.92 Å². The molecule has 0 atom stereocenters. The van der Waals surface area contributed by atoms with E-state index in [-0.39, 0.29) is 24.0 Å². The van der Waals surface area contributed by atoms with Crippen LogP contribution in [-0.2, 0) is 17.8 Å². The lowest BCUT2D eigenvalue weighted by Gasteiger charge is -2.28. The minimum absolute atomic E-state index is 0. The highest BCUT2D eigenvalue weighted by Crippen LogP contribution is 2.21. The summed E-state index contributed by atoms with van der Waals surface area (Å²) in [7, 11) is 3.08. The molecule has 27 heavy (non-hydrogen) atoms. The molecule has 0 saturated carbocycles. The van der Waals surface area contributed by atoms with Crippen molar-refractivity contribution in [3.8, 4) is 17.9 Å². The number of ether oxygens (including phenoxy) is 2. The summed E-state index contributed by atoms with van der Waals surface area (Å²) < 4.78 is 13.7. The van der Waals surface area contributed by atoms with Gasteiger partial charge in [0.2, 0.25) is 5.95 Å². The van der Waals surface area contributed by atoms with E-state index in [0.717, 1.165) is 32.1 Å².